The molecule has 9 heteroatoms. The minimum Gasteiger partial charge on any atom is -0.457 e. The summed E-state index contributed by atoms with van der Waals surface area (Å²) in [6.45, 7) is 0. The van der Waals surface area contributed by atoms with E-state index in [1.54, 1.807) is 72.8 Å². The van der Waals surface area contributed by atoms with Crippen molar-refractivity contribution in [2.45, 2.75) is 0 Å². The normalized spacial score (nSPS) is 10.9. The van der Waals surface area contributed by atoms with E-state index in [-0.39, 0.29) is 17.3 Å². The van der Waals surface area contributed by atoms with Gasteiger partial charge in [-0.25, -0.2) is 13.2 Å². The SMILES string of the molecule is O=C(c1ccc(F)cc1)c1ccc(Oc2ccc(-c3cc(-c4ccc(Oc5ccc(C(=O)c6ccc(F)cc6)cc5)cc4)cc(-c4ccc(Oc5ccc(C(=O)c6ccc(F)cc6)cc5)cc4)c3)cc2)cc1. The Bertz CT molecular complexity index is 3150. The van der Waals surface area contributed by atoms with Crippen molar-refractivity contribution in [3.05, 3.63) is 287 Å². The Kier molecular flexibility index (Phi) is 13.2. The number of ketones is 3. The highest BCUT2D eigenvalue weighted by molar-refractivity contribution is 6.10. The van der Waals surface area contributed by atoms with Crippen LogP contribution in [-0.4, -0.2) is 17.3 Å². The van der Waals surface area contributed by atoms with E-state index in [1.165, 1.54) is 72.8 Å². The highest BCUT2D eigenvalue weighted by Crippen LogP contribution is 2.36. The van der Waals surface area contributed by atoms with Gasteiger partial charge in [-0.3, -0.25) is 14.4 Å². The molecule has 72 heavy (non-hydrogen) atoms. The highest BCUT2D eigenvalue weighted by Gasteiger charge is 2.14. The zero-order valence-electron chi connectivity index (χ0n) is 38.1. The third kappa shape index (κ3) is 10.8. The summed E-state index contributed by atoms with van der Waals surface area (Å²) in [6, 6.07) is 66.3. The molecule has 10 aromatic rings. The maximum absolute atomic E-state index is 13.4. The van der Waals surface area contributed by atoms with Crippen LogP contribution in [0.1, 0.15) is 47.8 Å². The Morgan fingerprint density at radius 2 is 0.389 bits per heavy atom. The predicted octanol–water partition coefficient (Wildman–Crippen LogP) is 16.2. The Morgan fingerprint density at radius 1 is 0.222 bits per heavy atom. The molecule has 6 nitrogen and oxygen atoms in total. The van der Waals surface area contributed by atoms with Gasteiger partial charge in [0.05, 0.1) is 0 Å². The minimum atomic E-state index is -0.408. The summed E-state index contributed by atoms with van der Waals surface area (Å²) in [4.78, 5) is 38.8. The van der Waals surface area contributed by atoms with Crippen LogP contribution in [0.2, 0.25) is 0 Å². The molecule has 0 aliphatic heterocycles. The summed E-state index contributed by atoms with van der Waals surface area (Å²) in [5.74, 6) is 1.56. The number of ether oxygens (including phenoxy) is 3. The molecule has 0 bridgehead atoms. The van der Waals surface area contributed by atoms with Gasteiger partial charge in [0.15, 0.2) is 17.3 Å². The molecule has 0 N–H and O–H groups in total. The number of carbonyl (C=O) groups is 3. The molecule has 348 valence electrons. The van der Waals surface area contributed by atoms with Crippen molar-refractivity contribution in [1.82, 2.24) is 0 Å². The standard InChI is InChI=1S/C63H39F3O6/c64-52-19-1-43(2-20-52)61(67)46-13-31-58(32-14-46)70-55-25-7-40(8-26-55)49-37-50(41-9-27-56(28-10-41)71-59-33-15-47(16-34-59)62(68)44-3-21-53(65)22-4-44)39-51(38-49)42-11-29-57(30-12-42)72-60-35-17-48(18-36-60)63(69)45-5-23-54(66)24-6-45/h1-39H. The van der Waals surface area contributed by atoms with Crippen LogP contribution >= 0.6 is 0 Å². The fraction of sp³-hybridized carbons (Fsp3) is 0. The molecular weight excluding hydrogens is 910 g/mol. The van der Waals surface area contributed by atoms with Crippen LogP contribution in [0.4, 0.5) is 13.2 Å². The summed E-state index contributed by atoms with van der Waals surface area (Å²) in [5.41, 5.74) is 8.21. The van der Waals surface area contributed by atoms with Gasteiger partial charge in [0, 0.05) is 33.4 Å². The van der Waals surface area contributed by atoms with Crippen LogP contribution < -0.4 is 14.2 Å². The smallest absolute Gasteiger partial charge is 0.193 e. The molecule has 0 spiro atoms. The van der Waals surface area contributed by atoms with Gasteiger partial charge in [-0.2, -0.15) is 0 Å². The molecule has 0 saturated heterocycles. The lowest BCUT2D eigenvalue weighted by Crippen LogP contribution is -2.01. The van der Waals surface area contributed by atoms with Crippen LogP contribution in [-0.2, 0) is 0 Å². The summed E-state index contributed by atoms with van der Waals surface area (Å²) in [6.07, 6.45) is 0. The summed E-state index contributed by atoms with van der Waals surface area (Å²) in [5, 5.41) is 0. The maximum Gasteiger partial charge on any atom is 0.193 e. The molecule has 0 aliphatic carbocycles. The van der Waals surface area contributed by atoms with E-state index in [2.05, 4.69) is 18.2 Å². The molecule has 0 heterocycles. The quantitative estimate of drug-likeness (QED) is 0.0953. The van der Waals surface area contributed by atoms with E-state index >= 15 is 0 Å². The molecule has 0 amide bonds. The lowest BCUT2D eigenvalue weighted by atomic mass is 9.93. The average molecular weight is 949 g/mol. The summed E-state index contributed by atoms with van der Waals surface area (Å²) in [7, 11) is 0. The predicted molar refractivity (Wildman–Crippen MR) is 272 cm³/mol. The fourth-order valence-corrected chi connectivity index (χ4v) is 8.01. The molecule has 0 saturated carbocycles. The first-order valence-electron chi connectivity index (χ1n) is 22.8. The van der Waals surface area contributed by atoms with Crippen molar-refractivity contribution in [3.63, 3.8) is 0 Å². The first-order valence-corrected chi connectivity index (χ1v) is 22.8. The van der Waals surface area contributed by atoms with Crippen molar-refractivity contribution in [2.75, 3.05) is 0 Å². The Morgan fingerprint density at radius 3 is 0.583 bits per heavy atom. The lowest BCUT2D eigenvalue weighted by molar-refractivity contribution is 0.103. The van der Waals surface area contributed by atoms with Crippen LogP contribution in [0.25, 0.3) is 33.4 Å². The number of hydrogen-bond donors (Lipinski definition) is 0. The Balaban J connectivity index is 0.877. The molecule has 0 aromatic heterocycles. The largest absolute Gasteiger partial charge is 0.457 e. The molecule has 0 unspecified atom stereocenters. The second-order valence-electron chi connectivity index (χ2n) is 16.8. The van der Waals surface area contributed by atoms with Gasteiger partial charge >= 0.3 is 0 Å². The van der Waals surface area contributed by atoms with Gasteiger partial charge in [0.2, 0.25) is 0 Å². The fourth-order valence-electron chi connectivity index (χ4n) is 8.01. The average Bonchev–Trinajstić information content (AvgIpc) is 3.42. The van der Waals surface area contributed by atoms with Crippen LogP contribution in [0, 0.1) is 17.5 Å². The van der Waals surface area contributed by atoms with Gasteiger partial charge < -0.3 is 14.2 Å². The number of benzene rings is 10. The van der Waals surface area contributed by atoms with Gasteiger partial charge in [0.1, 0.15) is 51.9 Å². The molecule has 10 rings (SSSR count). The minimum absolute atomic E-state index is 0.218. The van der Waals surface area contributed by atoms with Crippen LogP contribution in [0.5, 0.6) is 34.5 Å². The van der Waals surface area contributed by atoms with Crippen LogP contribution in [0.15, 0.2) is 237 Å². The Hall–Kier alpha value is -9.60. The topological polar surface area (TPSA) is 78.9 Å². The molecule has 10 aromatic carbocycles. The summed E-state index contributed by atoms with van der Waals surface area (Å²) >= 11 is 0. The van der Waals surface area contributed by atoms with E-state index in [0.29, 0.717) is 67.9 Å². The van der Waals surface area contributed by atoms with Crippen molar-refractivity contribution in [1.29, 1.82) is 0 Å². The first-order chi connectivity index (χ1) is 35.1. The monoisotopic (exact) mass is 948 g/mol. The van der Waals surface area contributed by atoms with E-state index in [9.17, 15) is 27.6 Å². The van der Waals surface area contributed by atoms with Gasteiger partial charge in [-0.1, -0.05) is 36.4 Å². The first kappa shape index (κ1) is 46.1. The zero-order chi connectivity index (χ0) is 49.6. The second-order valence-corrected chi connectivity index (χ2v) is 16.8. The molecule has 0 aliphatic rings. The highest BCUT2D eigenvalue weighted by atomic mass is 19.1. The molecular formula is C63H39F3O6. The summed E-state index contributed by atoms with van der Waals surface area (Å²) < 4.78 is 58.7. The molecule has 0 radical (unpaired) electrons. The van der Waals surface area contributed by atoms with E-state index in [0.717, 1.165) is 33.4 Å². The van der Waals surface area contributed by atoms with Crippen LogP contribution in [0.3, 0.4) is 0 Å². The number of rotatable bonds is 15. The Labute approximate surface area is 412 Å². The van der Waals surface area contributed by atoms with Crippen molar-refractivity contribution in [2.24, 2.45) is 0 Å². The number of hydrogen-bond acceptors (Lipinski definition) is 6. The third-order valence-corrected chi connectivity index (χ3v) is 11.9. The second kappa shape index (κ2) is 20.6. The van der Waals surface area contributed by atoms with Gasteiger partial charge in [-0.15, -0.1) is 0 Å². The van der Waals surface area contributed by atoms with E-state index in [4.69, 9.17) is 14.2 Å². The number of halogens is 3. The van der Waals surface area contributed by atoms with Crippen molar-refractivity contribution < 1.29 is 41.8 Å². The molecule has 0 atom stereocenters. The van der Waals surface area contributed by atoms with Gasteiger partial charge in [-0.05, 0) is 234 Å². The lowest BCUT2D eigenvalue weighted by Gasteiger charge is -2.13. The maximum atomic E-state index is 13.4. The van der Waals surface area contributed by atoms with E-state index < -0.39 is 17.5 Å². The zero-order valence-corrected chi connectivity index (χ0v) is 38.1. The van der Waals surface area contributed by atoms with Gasteiger partial charge in [0.25, 0.3) is 0 Å². The number of carbonyl (C=O) groups excluding carboxylic acids is 3. The van der Waals surface area contributed by atoms with Crippen molar-refractivity contribution >= 4 is 17.3 Å². The van der Waals surface area contributed by atoms with Crippen molar-refractivity contribution in [3.8, 4) is 67.9 Å². The van der Waals surface area contributed by atoms with E-state index in [1.807, 2.05) is 72.8 Å². The molecule has 0 fully saturated rings. The third-order valence-electron chi connectivity index (χ3n) is 11.9.